The predicted octanol–water partition coefficient (Wildman–Crippen LogP) is 1.25. The van der Waals surface area contributed by atoms with Crippen LogP contribution in [0.1, 0.15) is 5.56 Å². The van der Waals surface area contributed by atoms with Gasteiger partial charge in [0.25, 0.3) is 5.91 Å². The minimum Gasteiger partial charge on any atom is -0.498 e. The predicted molar refractivity (Wildman–Crippen MR) is 83.5 cm³/mol. The van der Waals surface area contributed by atoms with Crippen LogP contribution in [0.3, 0.4) is 0 Å². The average Bonchev–Trinajstić information content (AvgIpc) is 2.59. The fourth-order valence-electron chi connectivity index (χ4n) is 2.36. The second-order valence-electron chi connectivity index (χ2n) is 4.79. The van der Waals surface area contributed by atoms with Crippen molar-refractivity contribution in [3.05, 3.63) is 46.9 Å². The summed E-state index contributed by atoms with van der Waals surface area (Å²) in [5.74, 6) is 1.95. The largest absolute Gasteiger partial charge is 0.498 e. The van der Waals surface area contributed by atoms with Gasteiger partial charge in [0.1, 0.15) is 17.2 Å². The third-order valence-electron chi connectivity index (χ3n) is 3.54. The Morgan fingerprint density at radius 2 is 1.91 bits per heavy atom. The number of hydrogen-bond donors (Lipinski definition) is 1. The van der Waals surface area contributed by atoms with Crippen LogP contribution in [0.5, 0.6) is 5.75 Å². The van der Waals surface area contributed by atoms with Gasteiger partial charge < -0.3 is 14.6 Å². The molecule has 0 spiro atoms. The fraction of sp³-hybridized carbons (Fsp3) is 0.312. The number of halogens is 1. The van der Waals surface area contributed by atoms with Crippen LogP contribution in [0.25, 0.3) is 0 Å². The van der Waals surface area contributed by atoms with Gasteiger partial charge in [-0.25, -0.2) is 4.79 Å². The molecule has 23 heavy (non-hydrogen) atoms. The highest BCUT2D eigenvalue weighted by molar-refractivity contribution is 6.33. The molecular weight excluding hydrogens is 322 g/mol. The Labute approximate surface area is 138 Å². The van der Waals surface area contributed by atoms with Crippen LogP contribution in [-0.4, -0.2) is 48.1 Å². The van der Waals surface area contributed by atoms with Gasteiger partial charge in [-0.15, -0.1) is 11.6 Å². The maximum atomic E-state index is 12.4. The lowest BCUT2D eigenvalue weighted by Gasteiger charge is -2.32. The van der Waals surface area contributed by atoms with E-state index in [2.05, 4.69) is 0 Å². The van der Waals surface area contributed by atoms with Gasteiger partial charge in [0, 0.05) is 0 Å². The molecule has 1 amide bonds. The van der Waals surface area contributed by atoms with E-state index in [1.165, 1.54) is 12.0 Å². The van der Waals surface area contributed by atoms with Crippen LogP contribution in [0, 0.1) is 0 Å². The van der Waals surface area contributed by atoms with Crippen molar-refractivity contribution >= 4 is 23.4 Å². The molecule has 122 valence electrons. The van der Waals surface area contributed by atoms with Crippen molar-refractivity contribution < 1.29 is 24.2 Å². The van der Waals surface area contributed by atoms with Crippen molar-refractivity contribution in [1.29, 1.82) is 0 Å². The van der Waals surface area contributed by atoms with Crippen molar-refractivity contribution in [1.82, 2.24) is 4.90 Å². The van der Waals surface area contributed by atoms with Crippen LogP contribution in [0.4, 0.5) is 0 Å². The summed E-state index contributed by atoms with van der Waals surface area (Å²) in [6.45, 7) is -0.361. The zero-order valence-corrected chi connectivity index (χ0v) is 13.5. The topological polar surface area (TPSA) is 76.1 Å². The van der Waals surface area contributed by atoms with E-state index in [1.807, 2.05) is 0 Å². The van der Waals surface area contributed by atoms with E-state index in [0.29, 0.717) is 5.75 Å². The van der Waals surface area contributed by atoms with E-state index in [1.54, 1.807) is 37.3 Å². The summed E-state index contributed by atoms with van der Waals surface area (Å²) in [5, 5.41) is 8.40. The summed E-state index contributed by atoms with van der Waals surface area (Å²) in [6, 6.07) is 7.03. The second-order valence-corrected chi connectivity index (χ2v) is 5.23. The zero-order valence-electron chi connectivity index (χ0n) is 12.7. The number of carbonyl (C=O) groups excluding carboxylic acids is 2. The van der Waals surface area contributed by atoms with Gasteiger partial charge >= 0.3 is 0 Å². The molecule has 0 saturated heterocycles. The average molecular weight is 338 g/mol. The first-order chi connectivity index (χ1) is 11.1. The summed E-state index contributed by atoms with van der Waals surface area (Å²) in [4.78, 5) is 24.9. The van der Waals surface area contributed by atoms with Crippen LogP contribution in [0.2, 0.25) is 0 Å². The van der Waals surface area contributed by atoms with Gasteiger partial charge in [0.15, 0.2) is 11.3 Å². The highest BCUT2D eigenvalue weighted by Gasteiger charge is 2.38. The molecule has 1 aromatic carbocycles. The molecule has 1 aromatic rings. The SMILES string of the molecule is COC1=C(CO)C(=C=O)N(Cc2ccc(OC)cc2)C(=O)C1Cl. The smallest absolute Gasteiger partial charge is 0.253 e. The maximum Gasteiger partial charge on any atom is 0.253 e. The maximum absolute atomic E-state index is 12.4. The van der Waals surface area contributed by atoms with Crippen LogP contribution in [0.15, 0.2) is 41.3 Å². The van der Waals surface area contributed by atoms with Gasteiger partial charge in [-0.3, -0.25) is 9.69 Å². The molecule has 0 saturated carbocycles. The molecule has 1 aliphatic heterocycles. The number of methoxy groups -OCH3 is 2. The van der Waals surface area contributed by atoms with Gasteiger partial charge in [0.05, 0.1) is 32.9 Å². The Balaban J connectivity index is 2.38. The lowest BCUT2D eigenvalue weighted by molar-refractivity contribution is -0.129. The second kappa shape index (κ2) is 7.33. The van der Waals surface area contributed by atoms with E-state index >= 15 is 0 Å². The number of aliphatic hydroxyl groups excluding tert-OH is 1. The molecule has 0 bridgehead atoms. The number of benzene rings is 1. The molecule has 0 aliphatic carbocycles. The van der Waals surface area contributed by atoms with Crippen molar-refractivity contribution in [2.45, 2.75) is 11.9 Å². The third kappa shape index (κ3) is 3.24. The van der Waals surface area contributed by atoms with Gasteiger partial charge in [-0.05, 0) is 17.7 Å². The summed E-state index contributed by atoms with van der Waals surface area (Å²) >= 11 is 6.09. The number of aliphatic hydroxyl groups is 1. The molecule has 1 aliphatic rings. The first-order valence-corrected chi connectivity index (χ1v) is 7.22. The molecule has 0 radical (unpaired) electrons. The molecule has 2 rings (SSSR count). The fourth-order valence-corrected chi connectivity index (χ4v) is 2.70. The Morgan fingerprint density at radius 3 is 2.39 bits per heavy atom. The monoisotopic (exact) mass is 337 g/mol. The lowest BCUT2D eigenvalue weighted by atomic mass is 10.0. The molecule has 0 aromatic heterocycles. The molecule has 1 heterocycles. The molecule has 7 heteroatoms. The molecular formula is C16H16ClNO5. The quantitative estimate of drug-likeness (QED) is 0.646. The van der Waals surface area contributed by atoms with Crippen molar-refractivity contribution in [2.75, 3.05) is 20.8 Å². The summed E-state index contributed by atoms with van der Waals surface area (Å²) in [6.07, 6.45) is 0. The van der Waals surface area contributed by atoms with E-state index < -0.39 is 17.9 Å². The van der Waals surface area contributed by atoms with E-state index in [-0.39, 0.29) is 23.6 Å². The lowest BCUT2D eigenvalue weighted by Crippen LogP contribution is -2.43. The third-order valence-corrected chi connectivity index (χ3v) is 3.93. The first-order valence-electron chi connectivity index (χ1n) is 6.79. The van der Waals surface area contributed by atoms with Crippen molar-refractivity contribution in [3.63, 3.8) is 0 Å². The van der Waals surface area contributed by atoms with E-state index in [0.717, 1.165) is 5.56 Å². The minimum absolute atomic E-state index is 0.0675. The number of carbonyl (C=O) groups is 1. The first kappa shape index (κ1) is 17.1. The molecule has 1 unspecified atom stereocenters. The number of hydrogen-bond acceptors (Lipinski definition) is 5. The van der Waals surface area contributed by atoms with E-state index in [4.69, 9.17) is 21.1 Å². The molecule has 6 nitrogen and oxygen atoms in total. The van der Waals surface area contributed by atoms with Crippen LogP contribution >= 0.6 is 11.6 Å². The Bertz CT molecular complexity index is 676. The summed E-state index contributed by atoms with van der Waals surface area (Å²) in [7, 11) is 2.88. The zero-order chi connectivity index (χ0) is 17.0. The molecule has 0 fully saturated rings. The van der Waals surface area contributed by atoms with E-state index in [9.17, 15) is 14.7 Å². The Kier molecular flexibility index (Phi) is 5.45. The minimum atomic E-state index is -1.10. The number of ether oxygens (including phenoxy) is 2. The van der Waals surface area contributed by atoms with Crippen molar-refractivity contribution in [3.8, 4) is 5.75 Å². The Hall–Kier alpha value is -2.27. The van der Waals surface area contributed by atoms with Crippen LogP contribution in [-0.2, 0) is 20.9 Å². The number of nitrogens with zero attached hydrogens (tertiary/aromatic N) is 1. The molecule has 1 atom stereocenters. The summed E-state index contributed by atoms with van der Waals surface area (Å²) in [5.41, 5.74) is 0.867. The van der Waals surface area contributed by atoms with Gasteiger partial charge in [-0.2, -0.15) is 0 Å². The normalized spacial score (nSPS) is 18.1. The van der Waals surface area contributed by atoms with Crippen molar-refractivity contribution in [2.24, 2.45) is 0 Å². The molecule has 1 N–H and O–H groups in total. The van der Waals surface area contributed by atoms with Crippen LogP contribution < -0.4 is 4.74 Å². The number of amides is 1. The standard InChI is InChI=1S/C16H16ClNO5/c1-22-11-5-3-10(4-6-11)7-18-13(9-20)12(8-19)15(23-2)14(17)16(18)21/h3-6,14,19H,7-8H2,1-2H3. The van der Waals surface area contributed by atoms with Gasteiger partial charge in [0.2, 0.25) is 0 Å². The highest BCUT2D eigenvalue weighted by Crippen LogP contribution is 2.31. The number of rotatable bonds is 5. The van der Waals surface area contributed by atoms with Gasteiger partial charge in [-0.1, -0.05) is 12.1 Å². The Morgan fingerprint density at radius 1 is 1.26 bits per heavy atom. The highest BCUT2D eigenvalue weighted by atomic mass is 35.5. The number of alkyl halides is 1. The summed E-state index contributed by atoms with van der Waals surface area (Å²) < 4.78 is 10.1.